The Balaban J connectivity index is 1.85. The van der Waals surface area contributed by atoms with Crippen molar-refractivity contribution in [2.75, 3.05) is 5.73 Å². The number of aromatic amines is 2. The van der Waals surface area contributed by atoms with Crippen molar-refractivity contribution in [2.45, 2.75) is 12.2 Å². The average molecular weight is 439 g/mol. The van der Waals surface area contributed by atoms with Gasteiger partial charge in [-0.05, 0) is 54.6 Å². The molecule has 0 aliphatic carbocycles. The fraction of sp³-hybridized carbons (Fsp3) is 0.0833. The first kappa shape index (κ1) is 19.4. The van der Waals surface area contributed by atoms with E-state index >= 15 is 0 Å². The standard InChI is InChI=1S/C24H17N5O4/c25-20-16-4-2-11(27-16)9-10-1-3-12(26-10)18-13-5-6-14(28-13)19(15-7-8-17(20)29-15)22(31)24(33)23(32)21(18)30/h1-9,23-24,26,29,32-33H,25H2. The van der Waals surface area contributed by atoms with Gasteiger partial charge >= 0.3 is 0 Å². The molecule has 3 aliphatic rings. The topological polar surface area (TPSA) is 158 Å². The van der Waals surface area contributed by atoms with E-state index in [1.165, 1.54) is 0 Å². The van der Waals surface area contributed by atoms with Gasteiger partial charge in [0.2, 0.25) is 0 Å². The van der Waals surface area contributed by atoms with E-state index in [9.17, 15) is 19.8 Å². The number of carbonyl (C=O) groups excluding carboxylic acids is 2. The molecule has 6 heterocycles. The zero-order valence-electron chi connectivity index (χ0n) is 17.0. The summed E-state index contributed by atoms with van der Waals surface area (Å²) in [5.41, 5.74) is 10.5. The molecular formula is C24H17N5O4. The Morgan fingerprint density at radius 3 is 2.00 bits per heavy atom. The maximum absolute atomic E-state index is 13.2. The van der Waals surface area contributed by atoms with Crippen LogP contribution in [0.25, 0.3) is 46.4 Å². The van der Waals surface area contributed by atoms with E-state index in [1.807, 2.05) is 6.08 Å². The van der Waals surface area contributed by atoms with Crippen molar-refractivity contribution in [3.8, 4) is 0 Å². The Morgan fingerprint density at radius 2 is 1.30 bits per heavy atom. The first-order valence-electron chi connectivity index (χ1n) is 10.2. The third-order valence-electron chi connectivity index (χ3n) is 5.95. The number of nitrogens with two attached hydrogens (primary N) is 1. The van der Waals surface area contributed by atoms with Gasteiger partial charge in [0, 0.05) is 5.52 Å². The second-order valence-corrected chi connectivity index (χ2v) is 8.01. The number of rotatable bonds is 0. The van der Waals surface area contributed by atoms with Crippen LogP contribution in [0.5, 0.6) is 0 Å². The average Bonchev–Trinajstić information content (AvgIpc) is 3.60. The van der Waals surface area contributed by atoms with Gasteiger partial charge in [-0.15, -0.1) is 0 Å². The molecule has 0 saturated carbocycles. The predicted molar refractivity (Wildman–Crippen MR) is 124 cm³/mol. The molecule has 3 aliphatic heterocycles. The highest BCUT2D eigenvalue weighted by atomic mass is 16.3. The van der Waals surface area contributed by atoms with Gasteiger partial charge < -0.3 is 25.9 Å². The van der Waals surface area contributed by atoms with E-state index in [2.05, 4.69) is 19.9 Å². The Labute approximate surface area is 186 Å². The lowest BCUT2D eigenvalue weighted by atomic mass is 9.94. The molecular weight excluding hydrogens is 422 g/mol. The fourth-order valence-corrected chi connectivity index (χ4v) is 4.26. The number of nitrogens with one attached hydrogen (secondary N) is 2. The van der Waals surface area contributed by atoms with Crippen LogP contribution in [0.3, 0.4) is 0 Å². The molecule has 6 N–H and O–H groups in total. The monoisotopic (exact) mass is 439 g/mol. The third-order valence-corrected chi connectivity index (χ3v) is 5.95. The van der Waals surface area contributed by atoms with Crippen LogP contribution < -0.4 is 5.73 Å². The zero-order chi connectivity index (χ0) is 22.9. The van der Waals surface area contributed by atoms with Crippen molar-refractivity contribution in [3.05, 3.63) is 64.2 Å². The van der Waals surface area contributed by atoms with Gasteiger partial charge in [-0.1, -0.05) is 0 Å². The lowest BCUT2D eigenvalue weighted by Gasteiger charge is -2.16. The number of anilines is 1. The summed E-state index contributed by atoms with van der Waals surface area (Å²) in [6, 6.07) is 8.55. The molecule has 0 amide bonds. The largest absolute Gasteiger partial charge is 0.395 e. The summed E-state index contributed by atoms with van der Waals surface area (Å²) in [7, 11) is 0. The van der Waals surface area contributed by atoms with E-state index in [-0.39, 0.29) is 22.5 Å². The second kappa shape index (κ2) is 6.83. The summed E-state index contributed by atoms with van der Waals surface area (Å²) in [6.07, 6.45) is 2.88. The second-order valence-electron chi connectivity index (χ2n) is 8.01. The van der Waals surface area contributed by atoms with Crippen LogP contribution in [0.4, 0.5) is 5.69 Å². The van der Waals surface area contributed by atoms with Crippen LogP contribution in [-0.4, -0.2) is 53.9 Å². The van der Waals surface area contributed by atoms with Crippen LogP contribution in [-0.2, 0) is 0 Å². The predicted octanol–water partition coefficient (Wildman–Crippen LogP) is 2.34. The zero-order valence-corrected chi connectivity index (χ0v) is 17.0. The minimum absolute atomic E-state index is 0.0460. The lowest BCUT2D eigenvalue weighted by Crippen LogP contribution is -2.40. The minimum atomic E-state index is -1.97. The van der Waals surface area contributed by atoms with Crippen LogP contribution in [0, 0.1) is 0 Å². The number of aliphatic hydroxyl groups is 2. The van der Waals surface area contributed by atoms with Gasteiger partial charge in [-0.2, -0.15) is 0 Å². The molecule has 3 aromatic heterocycles. The Hall–Kier alpha value is -4.34. The summed E-state index contributed by atoms with van der Waals surface area (Å²) in [5, 5.41) is 21.3. The highest BCUT2D eigenvalue weighted by Gasteiger charge is 2.37. The van der Waals surface area contributed by atoms with Gasteiger partial charge in [0.05, 0.1) is 56.1 Å². The lowest BCUT2D eigenvalue weighted by molar-refractivity contribution is 0.0218. The number of nitrogen functional groups attached to an aromatic ring is 1. The van der Waals surface area contributed by atoms with Crippen molar-refractivity contribution >= 4 is 63.6 Å². The van der Waals surface area contributed by atoms with Gasteiger partial charge in [-0.25, -0.2) is 9.97 Å². The number of nitrogens with zero attached hydrogens (tertiary/aromatic N) is 2. The summed E-state index contributed by atoms with van der Waals surface area (Å²) in [4.78, 5) is 41.7. The SMILES string of the molecule is Nc1c2nc(cc3ccc([nH]3)c3c4nc(c(c5ccc1[nH]5)C(=O)C(O)C(O)C3=O)C=C4)C=C2. The van der Waals surface area contributed by atoms with Crippen LogP contribution in [0.1, 0.15) is 43.5 Å². The summed E-state index contributed by atoms with van der Waals surface area (Å²) < 4.78 is 0. The Morgan fingerprint density at radius 1 is 0.727 bits per heavy atom. The molecule has 2 unspecified atom stereocenters. The van der Waals surface area contributed by atoms with Crippen molar-refractivity contribution in [1.29, 1.82) is 0 Å². The van der Waals surface area contributed by atoms with Gasteiger partial charge in [0.1, 0.15) is 0 Å². The van der Waals surface area contributed by atoms with Crippen molar-refractivity contribution in [1.82, 2.24) is 19.9 Å². The number of aromatic nitrogens is 4. The molecule has 162 valence electrons. The molecule has 0 aromatic carbocycles. The van der Waals surface area contributed by atoms with Gasteiger partial charge in [0.15, 0.2) is 23.8 Å². The summed E-state index contributed by atoms with van der Waals surface area (Å²) >= 11 is 0. The maximum atomic E-state index is 13.2. The van der Waals surface area contributed by atoms with E-state index < -0.39 is 23.8 Å². The number of aliphatic hydroxyl groups excluding tert-OH is 2. The molecule has 6 rings (SSSR count). The van der Waals surface area contributed by atoms with Gasteiger partial charge in [0.25, 0.3) is 0 Å². The van der Waals surface area contributed by atoms with Crippen LogP contribution >= 0.6 is 0 Å². The van der Waals surface area contributed by atoms with Crippen LogP contribution in [0.15, 0.2) is 30.3 Å². The molecule has 0 fully saturated rings. The summed E-state index contributed by atoms with van der Waals surface area (Å²) in [5.74, 6) is -1.63. The fourth-order valence-electron chi connectivity index (χ4n) is 4.26. The van der Waals surface area contributed by atoms with E-state index in [1.54, 1.807) is 48.6 Å². The smallest absolute Gasteiger partial charge is 0.198 e. The number of fused-ring (bicyclic) bond motifs is 8. The molecule has 3 aromatic rings. The molecule has 33 heavy (non-hydrogen) atoms. The number of hydrogen-bond donors (Lipinski definition) is 5. The number of ketones is 2. The minimum Gasteiger partial charge on any atom is -0.395 e. The molecule has 0 spiro atoms. The summed E-state index contributed by atoms with van der Waals surface area (Å²) in [6.45, 7) is 0. The Bertz CT molecular complexity index is 1610. The molecule has 0 saturated heterocycles. The molecule has 0 radical (unpaired) electrons. The number of carbonyl (C=O) groups is 2. The maximum Gasteiger partial charge on any atom is 0.198 e. The number of hydrogen-bond acceptors (Lipinski definition) is 7. The highest BCUT2D eigenvalue weighted by molar-refractivity contribution is 6.16. The molecule has 9 nitrogen and oxygen atoms in total. The van der Waals surface area contributed by atoms with Gasteiger partial charge in [-0.3, -0.25) is 9.59 Å². The first-order valence-corrected chi connectivity index (χ1v) is 10.2. The third kappa shape index (κ3) is 2.87. The first-order chi connectivity index (χ1) is 15.9. The van der Waals surface area contributed by atoms with E-state index in [0.29, 0.717) is 39.1 Å². The van der Waals surface area contributed by atoms with Crippen molar-refractivity contribution < 1.29 is 19.8 Å². The quantitative estimate of drug-likeness (QED) is 0.248. The van der Waals surface area contributed by atoms with Crippen molar-refractivity contribution in [2.24, 2.45) is 0 Å². The number of Topliss-reactive ketones (excluding diaryl/α,β-unsaturated/α-hetero) is 2. The highest BCUT2D eigenvalue weighted by Crippen LogP contribution is 2.29. The molecule has 2 atom stereocenters. The normalized spacial score (nSPS) is 19.2. The van der Waals surface area contributed by atoms with E-state index in [4.69, 9.17) is 5.73 Å². The molecule has 9 heteroatoms. The Kier molecular flexibility index (Phi) is 4.00. The van der Waals surface area contributed by atoms with Crippen molar-refractivity contribution in [3.63, 3.8) is 0 Å². The molecule has 10 bridgehead atoms. The number of H-pyrrole nitrogens is 2. The van der Waals surface area contributed by atoms with Crippen LogP contribution in [0.2, 0.25) is 0 Å². The van der Waals surface area contributed by atoms with E-state index in [0.717, 1.165) is 0 Å².